The molecule has 0 unspecified atom stereocenters. The fraction of sp³-hybridized carbons (Fsp3) is 0.407. The van der Waals surface area contributed by atoms with E-state index in [1.165, 1.54) is 0 Å². The number of hydrogen-bond acceptors (Lipinski definition) is 7. The number of aromatic nitrogens is 2. The van der Waals surface area contributed by atoms with E-state index in [2.05, 4.69) is 20.1 Å². The zero-order chi connectivity index (χ0) is 26.4. The number of amides is 3. The number of rotatable bonds is 4. The van der Waals surface area contributed by atoms with E-state index in [0.29, 0.717) is 68.8 Å². The van der Waals surface area contributed by atoms with E-state index in [1.54, 1.807) is 29.2 Å². The number of nitrogens with one attached hydrogen (secondary N) is 1. The molecule has 2 atom stereocenters. The van der Waals surface area contributed by atoms with E-state index in [0.717, 1.165) is 22.4 Å². The molecule has 3 fully saturated rings. The minimum Gasteiger partial charge on any atom is -0.390 e. The van der Waals surface area contributed by atoms with Gasteiger partial charge in [-0.05, 0) is 49.4 Å². The Labute approximate surface area is 225 Å². The van der Waals surface area contributed by atoms with Gasteiger partial charge in [-0.3, -0.25) is 14.6 Å². The van der Waals surface area contributed by atoms with Crippen molar-refractivity contribution in [2.75, 3.05) is 62.2 Å². The van der Waals surface area contributed by atoms with Crippen LogP contribution in [0.1, 0.15) is 16.2 Å². The number of fused-ring (bicyclic) bond motifs is 1. The second-order valence-electron chi connectivity index (χ2n) is 10.1. The molecule has 0 aliphatic carbocycles. The van der Waals surface area contributed by atoms with Gasteiger partial charge in [0.15, 0.2) is 0 Å². The summed E-state index contributed by atoms with van der Waals surface area (Å²) in [7, 11) is 0. The summed E-state index contributed by atoms with van der Waals surface area (Å²) < 4.78 is 0. The van der Waals surface area contributed by atoms with Gasteiger partial charge in [0.25, 0.3) is 5.91 Å². The third-order valence-electron chi connectivity index (χ3n) is 7.66. The first kappa shape index (κ1) is 24.8. The van der Waals surface area contributed by atoms with Crippen LogP contribution >= 0.6 is 11.6 Å². The summed E-state index contributed by atoms with van der Waals surface area (Å²) in [5.74, 6) is 1.43. The number of aliphatic hydroxyl groups is 1. The third kappa shape index (κ3) is 4.63. The van der Waals surface area contributed by atoms with Crippen molar-refractivity contribution in [3.05, 3.63) is 58.9 Å². The maximum absolute atomic E-state index is 12.9. The van der Waals surface area contributed by atoms with E-state index in [9.17, 15) is 14.7 Å². The van der Waals surface area contributed by atoms with E-state index >= 15 is 0 Å². The Balaban J connectivity index is 1.18. The molecule has 198 valence electrons. The van der Waals surface area contributed by atoms with Crippen molar-refractivity contribution in [2.24, 2.45) is 0 Å². The predicted octanol–water partition coefficient (Wildman–Crippen LogP) is 2.13. The van der Waals surface area contributed by atoms with Gasteiger partial charge in [0.1, 0.15) is 11.6 Å². The Kier molecular flexibility index (Phi) is 6.55. The molecule has 0 saturated carbocycles. The highest BCUT2D eigenvalue weighted by Gasteiger charge is 2.38. The predicted molar refractivity (Wildman–Crippen MR) is 146 cm³/mol. The van der Waals surface area contributed by atoms with E-state index in [-0.39, 0.29) is 18.0 Å². The molecule has 3 saturated heterocycles. The lowest BCUT2D eigenvalue weighted by Crippen LogP contribution is -2.54. The summed E-state index contributed by atoms with van der Waals surface area (Å²) in [5.41, 5.74) is 2.24. The van der Waals surface area contributed by atoms with Crippen molar-refractivity contribution in [1.82, 2.24) is 25.1 Å². The lowest BCUT2D eigenvalue weighted by Gasteiger charge is -2.38. The molecule has 3 aliphatic heterocycles. The van der Waals surface area contributed by atoms with Crippen LogP contribution in [-0.4, -0.2) is 101 Å². The molecule has 11 heteroatoms. The second-order valence-corrected chi connectivity index (χ2v) is 10.5. The average molecular weight is 536 g/mol. The topological polar surface area (TPSA) is 105 Å². The lowest BCUT2D eigenvalue weighted by atomic mass is 10.1. The first-order valence-electron chi connectivity index (χ1n) is 12.9. The van der Waals surface area contributed by atoms with Crippen LogP contribution in [0.15, 0.2) is 42.5 Å². The minimum absolute atomic E-state index is 0.000308. The van der Waals surface area contributed by atoms with E-state index in [1.807, 2.05) is 30.0 Å². The summed E-state index contributed by atoms with van der Waals surface area (Å²) in [5, 5.41) is 15.4. The first-order valence-corrected chi connectivity index (χ1v) is 13.3. The third-order valence-corrected chi connectivity index (χ3v) is 7.91. The number of urea groups is 1. The van der Waals surface area contributed by atoms with Crippen molar-refractivity contribution in [2.45, 2.75) is 19.1 Å². The minimum atomic E-state index is -0.550. The van der Waals surface area contributed by atoms with Gasteiger partial charge in [0.2, 0.25) is 0 Å². The molecule has 1 aromatic heterocycles. The fourth-order valence-corrected chi connectivity index (χ4v) is 5.80. The van der Waals surface area contributed by atoms with Gasteiger partial charge in [-0.25, -0.2) is 14.8 Å². The highest BCUT2D eigenvalue weighted by molar-refractivity contribution is 6.30. The van der Waals surface area contributed by atoms with Crippen molar-refractivity contribution in [3.63, 3.8) is 0 Å². The van der Waals surface area contributed by atoms with Crippen LogP contribution < -0.4 is 15.1 Å². The van der Waals surface area contributed by atoms with Gasteiger partial charge in [-0.15, -0.1) is 0 Å². The van der Waals surface area contributed by atoms with E-state index < -0.39 is 6.10 Å². The van der Waals surface area contributed by atoms with Gasteiger partial charge >= 0.3 is 6.03 Å². The molecule has 10 nitrogen and oxygen atoms in total. The Morgan fingerprint density at radius 2 is 1.79 bits per heavy atom. The standard InChI is InChI=1S/C27H30ClN7O3/c1-17-30-22-7-6-20(35-9-8-29-27(35)38)14-21(22)25(31-17)34-15-23(24(36)16-34)32-10-12-33(13-11-32)26(37)18-2-4-19(28)5-3-18/h2-7,14,23-24,36H,8-13,15-16H2,1H3,(H,29,38)/t23-,24-/m0/s1. The monoisotopic (exact) mass is 535 g/mol. The number of halogens is 1. The maximum atomic E-state index is 12.9. The number of carbonyl (C=O) groups is 2. The van der Waals surface area contributed by atoms with Gasteiger partial charge in [0, 0.05) is 74.0 Å². The van der Waals surface area contributed by atoms with Crippen LogP contribution in [0.25, 0.3) is 10.9 Å². The highest BCUT2D eigenvalue weighted by atomic mass is 35.5. The van der Waals surface area contributed by atoms with Gasteiger partial charge in [0.05, 0.1) is 17.7 Å². The normalized spacial score (nSPS) is 22.4. The summed E-state index contributed by atoms with van der Waals surface area (Å²) in [6.45, 7) is 6.74. The van der Waals surface area contributed by atoms with Crippen molar-refractivity contribution in [1.29, 1.82) is 0 Å². The van der Waals surface area contributed by atoms with Gasteiger partial charge in [-0.2, -0.15) is 0 Å². The molecule has 4 heterocycles. The average Bonchev–Trinajstić information content (AvgIpc) is 3.53. The number of aryl methyl sites for hydroxylation is 1. The lowest BCUT2D eigenvalue weighted by molar-refractivity contribution is 0.0376. The molecular formula is C27H30ClN7O3. The second kappa shape index (κ2) is 10.0. The molecular weight excluding hydrogens is 506 g/mol. The zero-order valence-electron chi connectivity index (χ0n) is 21.2. The number of benzene rings is 2. The molecule has 3 amide bonds. The number of nitrogens with zero attached hydrogens (tertiary/aromatic N) is 6. The quantitative estimate of drug-likeness (QED) is 0.527. The Morgan fingerprint density at radius 1 is 1.03 bits per heavy atom. The Hall–Kier alpha value is -3.47. The molecule has 0 bridgehead atoms. The number of β-amino-alcohol motifs (C(OH)–C–C–N with tert-alkyl or cyclic N) is 1. The number of hydrogen-bond donors (Lipinski definition) is 2. The largest absolute Gasteiger partial charge is 0.390 e. The van der Waals surface area contributed by atoms with Gasteiger partial charge in [-0.1, -0.05) is 11.6 Å². The molecule has 6 rings (SSSR count). The highest BCUT2D eigenvalue weighted by Crippen LogP contribution is 2.32. The summed E-state index contributed by atoms with van der Waals surface area (Å²) >= 11 is 5.96. The summed E-state index contributed by atoms with van der Waals surface area (Å²) in [6.07, 6.45) is -0.550. The fourth-order valence-electron chi connectivity index (χ4n) is 5.67. The van der Waals surface area contributed by atoms with Crippen LogP contribution in [-0.2, 0) is 0 Å². The van der Waals surface area contributed by atoms with Crippen molar-refractivity contribution < 1.29 is 14.7 Å². The zero-order valence-corrected chi connectivity index (χ0v) is 21.9. The molecule has 38 heavy (non-hydrogen) atoms. The molecule has 3 aromatic rings. The van der Waals surface area contributed by atoms with Crippen LogP contribution in [0, 0.1) is 6.92 Å². The first-order chi connectivity index (χ1) is 18.4. The Morgan fingerprint density at radius 3 is 2.50 bits per heavy atom. The molecule has 2 aromatic carbocycles. The smallest absolute Gasteiger partial charge is 0.321 e. The summed E-state index contributed by atoms with van der Waals surface area (Å²) in [6, 6.07) is 12.6. The molecule has 3 aliphatic rings. The van der Waals surface area contributed by atoms with Crippen LogP contribution in [0.2, 0.25) is 5.02 Å². The molecule has 0 spiro atoms. The SMILES string of the molecule is Cc1nc(N2C[C@H](O)[C@@H](N3CCN(C(=O)c4ccc(Cl)cc4)CC3)C2)c2cc(N3CCNC3=O)ccc2n1. The number of carbonyl (C=O) groups excluding carboxylic acids is 2. The van der Waals surface area contributed by atoms with E-state index in [4.69, 9.17) is 16.6 Å². The molecule has 0 radical (unpaired) electrons. The van der Waals surface area contributed by atoms with Crippen molar-refractivity contribution >= 4 is 45.9 Å². The number of aliphatic hydroxyl groups excluding tert-OH is 1. The molecule has 2 N–H and O–H groups in total. The van der Waals surface area contributed by atoms with Gasteiger partial charge < -0.3 is 20.2 Å². The number of piperazine rings is 1. The number of anilines is 2. The maximum Gasteiger partial charge on any atom is 0.321 e. The summed E-state index contributed by atoms with van der Waals surface area (Å²) in [4.78, 5) is 42.5. The van der Waals surface area contributed by atoms with Crippen LogP contribution in [0.3, 0.4) is 0 Å². The van der Waals surface area contributed by atoms with Crippen LogP contribution in [0.5, 0.6) is 0 Å². The van der Waals surface area contributed by atoms with Crippen molar-refractivity contribution in [3.8, 4) is 0 Å². The Bertz CT molecular complexity index is 1380. The van der Waals surface area contributed by atoms with Crippen LogP contribution in [0.4, 0.5) is 16.3 Å².